The van der Waals surface area contributed by atoms with Gasteiger partial charge in [-0.25, -0.2) is 0 Å². The van der Waals surface area contributed by atoms with Crippen molar-refractivity contribution in [2.75, 3.05) is 0 Å². The van der Waals surface area contributed by atoms with Gasteiger partial charge in [0, 0.05) is 0 Å². The monoisotopic (exact) mass is 217 g/mol. The number of aromatic hydroxyl groups is 1. The topological polar surface area (TPSA) is 50.4 Å². The van der Waals surface area contributed by atoms with Crippen LogP contribution in [0.15, 0.2) is 35.8 Å². The van der Waals surface area contributed by atoms with E-state index in [2.05, 4.69) is 10.2 Å². The Hall–Kier alpha value is -1.88. The number of nitrogens with zero attached hydrogens (tertiary/aromatic N) is 3. The van der Waals surface area contributed by atoms with E-state index in [0.29, 0.717) is 0 Å². The summed E-state index contributed by atoms with van der Waals surface area (Å²) in [6.45, 7) is 0. The molecule has 0 fully saturated rings. The molecule has 0 unspecified atom stereocenters. The van der Waals surface area contributed by atoms with E-state index < -0.39 is 0 Å². The highest BCUT2D eigenvalue weighted by Gasteiger charge is 2.08. The summed E-state index contributed by atoms with van der Waals surface area (Å²) >= 11 is 1.60. The van der Waals surface area contributed by atoms with Gasteiger partial charge in [0.2, 0.25) is 0 Å². The van der Waals surface area contributed by atoms with Gasteiger partial charge >= 0.3 is 0 Å². The molecule has 3 aromatic rings. The van der Waals surface area contributed by atoms with Crippen LogP contribution in [0.3, 0.4) is 0 Å². The second-order valence-electron chi connectivity index (χ2n) is 3.12. The maximum Gasteiger partial charge on any atom is 0.178 e. The molecule has 3 heterocycles. The van der Waals surface area contributed by atoms with Crippen LogP contribution in [0.5, 0.6) is 5.75 Å². The minimum Gasteiger partial charge on any atom is -0.506 e. The van der Waals surface area contributed by atoms with Crippen molar-refractivity contribution in [2.24, 2.45) is 0 Å². The molecule has 3 aromatic heterocycles. The zero-order valence-corrected chi connectivity index (χ0v) is 8.48. The number of hydrogen-bond acceptors (Lipinski definition) is 4. The fraction of sp³-hybridized carbons (Fsp3) is 0. The Morgan fingerprint density at radius 2 is 2.13 bits per heavy atom. The van der Waals surface area contributed by atoms with E-state index >= 15 is 0 Å². The normalized spacial score (nSPS) is 10.9. The van der Waals surface area contributed by atoms with E-state index in [4.69, 9.17) is 0 Å². The van der Waals surface area contributed by atoms with Crippen molar-refractivity contribution in [1.82, 2.24) is 14.6 Å². The minimum atomic E-state index is 0.208. The van der Waals surface area contributed by atoms with Gasteiger partial charge in [-0.2, -0.15) is 0 Å². The first-order chi connectivity index (χ1) is 7.34. The molecule has 0 aliphatic heterocycles. The van der Waals surface area contributed by atoms with Crippen LogP contribution in [0.4, 0.5) is 0 Å². The number of aromatic nitrogens is 3. The molecular weight excluding hydrogens is 210 g/mol. The quantitative estimate of drug-likeness (QED) is 0.679. The van der Waals surface area contributed by atoms with Crippen LogP contribution >= 0.6 is 11.3 Å². The van der Waals surface area contributed by atoms with Crippen LogP contribution in [0.25, 0.3) is 16.3 Å². The highest BCUT2D eigenvalue weighted by molar-refractivity contribution is 7.13. The lowest BCUT2D eigenvalue weighted by Crippen LogP contribution is -1.86. The van der Waals surface area contributed by atoms with E-state index in [9.17, 15) is 5.11 Å². The van der Waals surface area contributed by atoms with Crippen molar-refractivity contribution in [1.29, 1.82) is 0 Å². The molecule has 0 atom stereocenters. The highest BCUT2D eigenvalue weighted by atomic mass is 32.1. The van der Waals surface area contributed by atoms with Gasteiger partial charge < -0.3 is 5.11 Å². The standard InChI is InChI=1S/C10H7N3OS/c14-7-3-4-9-11-12-10(13(9)6-7)8-2-1-5-15-8/h1-6,14H. The first-order valence-electron chi connectivity index (χ1n) is 4.42. The van der Waals surface area contributed by atoms with Crippen LogP contribution in [-0.2, 0) is 0 Å². The molecule has 0 saturated heterocycles. The molecule has 0 bridgehead atoms. The molecule has 0 spiro atoms. The molecule has 5 heteroatoms. The summed E-state index contributed by atoms with van der Waals surface area (Å²) in [5.74, 6) is 0.969. The average molecular weight is 217 g/mol. The number of fused-ring (bicyclic) bond motifs is 1. The maximum atomic E-state index is 9.40. The largest absolute Gasteiger partial charge is 0.506 e. The van der Waals surface area contributed by atoms with E-state index in [1.165, 1.54) is 0 Å². The lowest BCUT2D eigenvalue weighted by atomic mass is 10.4. The van der Waals surface area contributed by atoms with Crippen LogP contribution < -0.4 is 0 Å². The minimum absolute atomic E-state index is 0.208. The van der Waals surface area contributed by atoms with Crippen molar-refractivity contribution < 1.29 is 5.11 Å². The van der Waals surface area contributed by atoms with Gasteiger partial charge in [-0.15, -0.1) is 21.5 Å². The summed E-state index contributed by atoms with van der Waals surface area (Å²) < 4.78 is 1.78. The first kappa shape index (κ1) is 8.43. The second-order valence-corrected chi connectivity index (χ2v) is 4.06. The average Bonchev–Trinajstić information content (AvgIpc) is 2.83. The van der Waals surface area contributed by atoms with Gasteiger partial charge in [-0.1, -0.05) is 6.07 Å². The van der Waals surface area contributed by atoms with Crippen LogP contribution in [0, 0.1) is 0 Å². The van der Waals surface area contributed by atoms with Gasteiger partial charge in [0.25, 0.3) is 0 Å². The maximum absolute atomic E-state index is 9.40. The van der Waals surface area contributed by atoms with Gasteiger partial charge in [-0.05, 0) is 23.6 Å². The summed E-state index contributed by atoms with van der Waals surface area (Å²) in [6.07, 6.45) is 1.62. The third-order valence-electron chi connectivity index (χ3n) is 2.13. The van der Waals surface area contributed by atoms with Crippen LogP contribution in [-0.4, -0.2) is 19.7 Å². The van der Waals surface area contributed by atoms with Crippen molar-refractivity contribution >= 4 is 17.0 Å². The Morgan fingerprint density at radius 1 is 1.20 bits per heavy atom. The molecule has 15 heavy (non-hydrogen) atoms. The summed E-state index contributed by atoms with van der Waals surface area (Å²) in [7, 11) is 0. The van der Waals surface area contributed by atoms with E-state index in [1.807, 2.05) is 17.5 Å². The zero-order chi connectivity index (χ0) is 10.3. The predicted molar refractivity (Wildman–Crippen MR) is 58.0 cm³/mol. The Morgan fingerprint density at radius 3 is 2.93 bits per heavy atom. The third-order valence-corrected chi connectivity index (χ3v) is 2.99. The summed E-state index contributed by atoms with van der Waals surface area (Å²) in [6, 6.07) is 7.27. The Labute approximate surface area is 89.4 Å². The highest BCUT2D eigenvalue weighted by Crippen LogP contribution is 2.24. The molecule has 0 radical (unpaired) electrons. The first-order valence-corrected chi connectivity index (χ1v) is 5.30. The third kappa shape index (κ3) is 1.28. The van der Waals surface area contributed by atoms with E-state index in [-0.39, 0.29) is 5.75 Å². The summed E-state index contributed by atoms with van der Waals surface area (Å²) in [5.41, 5.74) is 0.733. The number of pyridine rings is 1. The number of hydrogen-bond donors (Lipinski definition) is 1. The van der Waals surface area contributed by atoms with Gasteiger partial charge in [0.1, 0.15) is 5.75 Å². The molecule has 74 valence electrons. The Kier molecular flexibility index (Phi) is 1.72. The van der Waals surface area contributed by atoms with Crippen molar-refractivity contribution in [3.8, 4) is 16.5 Å². The van der Waals surface area contributed by atoms with E-state index in [0.717, 1.165) is 16.3 Å². The van der Waals surface area contributed by atoms with Crippen LogP contribution in [0.2, 0.25) is 0 Å². The fourth-order valence-corrected chi connectivity index (χ4v) is 2.16. The molecular formula is C10H7N3OS. The van der Waals surface area contributed by atoms with Crippen molar-refractivity contribution in [3.63, 3.8) is 0 Å². The van der Waals surface area contributed by atoms with Crippen LogP contribution in [0.1, 0.15) is 0 Å². The van der Waals surface area contributed by atoms with Gasteiger partial charge in [0.15, 0.2) is 11.5 Å². The molecule has 1 N–H and O–H groups in total. The Bertz CT molecular complexity index is 600. The number of rotatable bonds is 1. The van der Waals surface area contributed by atoms with Crippen molar-refractivity contribution in [3.05, 3.63) is 35.8 Å². The summed E-state index contributed by atoms with van der Waals surface area (Å²) in [4.78, 5) is 1.04. The van der Waals surface area contributed by atoms with Gasteiger partial charge in [0.05, 0.1) is 11.1 Å². The second kappa shape index (κ2) is 3.06. The smallest absolute Gasteiger partial charge is 0.178 e. The molecule has 4 nitrogen and oxygen atoms in total. The van der Waals surface area contributed by atoms with Crippen molar-refractivity contribution in [2.45, 2.75) is 0 Å². The summed E-state index contributed by atoms with van der Waals surface area (Å²) in [5, 5.41) is 19.5. The zero-order valence-electron chi connectivity index (χ0n) is 7.66. The lowest BCUT2D eigenvalue weighted by Gasteiger charge is -1.97. The predicted octanol–water partition coefficient (Wildman–Crippen LogP) is 2.16. The molecule has 0 saturated carbocycles. The fourth-order valence-electron chi connectivity index (χ4n) is 1.45. The molecule has 0 aromatic carbocycles. The van der Waals surface area contributed by atoms with Gasteiger partial charge in [-0.3, -0.25) is 4.40 Å². The van der Waals surface area contributed by atoms with E-state index in [1.54, 1.807) is 34.1 Å². The lowest BCUT2D eigenvalue weighted by molar-refractivity contribution is 0.472. The SMILES string of the molecule is Oc1ccc2nnc(-c3cccs3)n2c1. The molecule has 0 aliphatic carbocycles. The molecule has 0 aliphatic rings. The molecule has 0 amide bonds. The molecule has 3 rings (SSSR count). The number of thiophene rings is 1. The Balaban J connectivity index is 2.32.